The van der Waals surface area contributed by atoms with E-state index in [1.807, 2.05) is 13.8 Å². The molecule has 0 heterocycles. The highest BCUT2D eigenvalue weighted by atomic mass is 19.1. The molecule has 0 atom stereocenters. The largest absolute Gasteiger partial charge is 0.569 e. The van der Waals surface area contributed by atoms with Crippen LogP contribution in [-0.2, 0) is 0 Å². The van der Waals surface area contributed by atoms with E-state index in [1.165, 1.54) is 19.2 Å². The van der Waals surface area contributed by atoms with Gasteiger partial charge >= 0.3 is 7.69 Å². The number of methoxy groups -OCH3 is 1. The minimum absolute atomic E-state index is 0.0388. The highest BCUT2D eigenvalue weighted by molar-refractivity contribution is 6.17. The molecule has 1 aromatic rings. The Bertz CT molecular complexity index is 342. The van der Waals surface area contributed by atoms with Crippen LogP contribution in [0.2, 0.25) is 0 Å². The topological polar surface area (TPSA) is 38.7 Å². The molecule has 0 unspecified atom stereocenters. The first-order valence-electron chi connectivity index (χ1n) is 4.60. The van der Waals surface area contributed by atoms with Gasteiger partial charge in [-0.2, -0.15) is 0 Å². The van der Waals surface area contributed by atoms with Gasteiger partial charge in [0.2, 0.25) is 0 Å². The molecule has 1 aromatic carbocycles. The molecule has 15 heavy (non-hydrogen) atoms. The van der Waals surface area contributed by atoms with Gasteiger partial charge in [0, 0.05) is 6.07 Å². The van der Waals surface area contributed by atoms with Gasteiger partial charge < -0.3 is 14.4 Å². The van der Waals surface area contributed by atoms with Crippen molar-refractivity contribution in [2.75, 3.05) is 7.11 Å². The number of halogens is 1. The SMILES string of the molecule is COc1cc(F)c(C(C)C)cc1O[B]O. The van der Waals surface area contributed by atoms with Crippen molar-refractivity contribution in [2.45, 2.75) is 19.8 Å². The summed E-state index contributed by atoms with van der Waals surface area (Å²) in [5.41, 5.74) is 0.521. The van der Waals surface area contributed by atoms with E-state index in [0.29, 0.717) is 19.0 Å². The Morgan fingerprint density at radius 1 is 1.33 bits per heavy atom. The van der Waals surface area contributed by atoms with Gasteiger partial charge in [-0.05, 0) is 17.5 Å². The van der Waals surface area contributed by atoms with Crippen LogP contribution in [0.15, 0.2) is 12.1 Å². The molecule has 1 radical (unpaired) electrons. The number of ether oxygens (including phenoxy) is 1. The smallest absolute Gasteiger partial charge is 0.535 e. The Balaban J connectivity index is 3.17. The van der Waals surface area contributed by atoms with Crippen molar-refractivity contribution in [3.8, 4) is 11.5 Å². The van der Waals surface area contributed by atoms with E-state index in [9.17, 15) is 4.39 Å². The molecule has 0 aromatic heterocycles. The molecule has 3 nitrogen and oxygen atoms in total. The first-order chi connectivity index (χ1) is 7.10. The van der Waals surface area contributed by atoms with Crippen LogP contribution in [0, 0.1) is 5.82 Å². The minimum atomic E-state index is -0.341. The van der Waals surface area contributed by atoms with E-state index in [0.717, 1.165) is 0 Å². The maximum Gasteiger partial charge on any atom is 0.569 e. The predicted molar refractivity (Wildman–Crippen MR) is 55.6 cm³/mol. The monoisotopic (exact) mass is 211 g/mol. The lowest BCUT2D eigenvalue weighted by Gasteiger charge is -2.13. The fraction of sp³-hybridized carbons (Fsp3) is 0.400. The molecule has 0 aliphatic carbocycles. The Labute approximate surface area is 89.1 Å². The fourth-order valence-corrected chi connectivity index (χ4v) is 1.30. The molecular formula is C10H13BFO3. The summed E-state index contributed by atoms with van der Waals surface area (Å²) in [7, 11) is 1.95. The Hall–Kier alpha value is -1.23. The van der Waals surface area contributed by atoms with Crippen LogP contribution in [0.5, 0.6) is 11.5 Å². The summed E-state index contributed by atoms with van der Waals surface area (Å²) in [6.45, 7) is 3.74. The maximum atomic E-state index is 13.5. The lowest BCUT2D eigenvalue weighted by molar-refractivity contribution is 0.377. The quantitative estimate of drug-likeness (QED) is 0.772. The number of rotatable bonds is 4. The molecule has 5 heteroatoms. The molecule has 0 bridgehead atoms. The molecule has 81 valence electrons. The van der Waals surface area contributed by atoms with Crippen LogP contribution in [0.25, 0.3) is 0 Å². The fourth-order valence-electron chi connectivity index (χ4n) is 1.30. The molecule has 1 N–H and O–H groups in total. The summed E-state index contributed by atoms with van der Waals surface area (Å²) >= 11 is 0. The van der Waals surface area contributed by atoms with Crippen molar-refractivity contribution < 1.29 is 18.8 Å². The zero-order valence-electron chi connectivity index (χ0n) is 8.95. The number of benzene rings is 1. The highest BCUT2D eigenvalue weighted by Gasteiger charge is 2.13. The van der Waals surface area contributed by atoms with Crippen LogP contribution >= 0.6 is 0 Å². The van der Waals surface area contributed by atoms with E-state index in [2.05, 4.69) is 0 Å². The maximum absolute atomic E-state index is 13.5. The van der Waals surface area contributed by atoms with Gasteiger partial charge in [0.15, 0.2) is 5.75 Å². The van der Waals surface area contributed by atoms with E-state index >= 15 is 0 Å². The average Bonchev–Trinajstić information content (AvgIpc) is 2.20. The molecule has 0 saturated carbocycles. The molecule has 0 spiro atoms. The van der Waals surface area contributed by atoms with Crippen LogP contribution in [0.3, 0.4) is 0 Å². The Kier molecular flexibility index (Phi) is 3.97. The lowest BCUT2D eigenvalue weighted by atomic mass is 10.0. The third kappa shape index (κ3) is 2.62. The van der Waals surface area contributed by atoms with Gasteiger partial charge in [0.25, 0.3) is 0 Å². The summed E-state index contributed by atoms with van der Waals surface area (Å²) in [6.07, 6.45) is 0. The van der Waals surface area contributed by atoms with Gasteiger partial charge in [0.1, 0.15) is 11.6 Å². The van der Waals surface area contributed by atoms with Gasteiger partial charge in [-0.1, -0.05) is 13.8 Å². The van der Waals surface area contributed by atoms with Crippen LogP contribution in [0.4, 0.5) is 4.39 Å². The van der Waals surface area contributed by atoms with Gasteiger partial charge in [0.05, 0.1) is 7.11 Å². The molecule has 0 amide bonds. The summed E-state index contributed by atoms with van der Waals surface area (Å²) in [6, 6.07) is 2.76. The normalized spacial score (nSPS) is 10.3. The second-order valence-corrected chi connectivity index (χ2v) is 3.40. The molecule has 0 saturated heterocycles. The van der Waals surface area contributed by atoms with E-state index in [1.54, 1.807) is 0 Å². The van der Waals surface area contributed by atoms with Gasteiger partial charge in [-0.3, -0.25) is 0 Å². The first kappa shape index (κ1) is 11.8. The summed E-state index contributed by atoms with van der Waals surface area (Å²) in [5, 5.41) is 8.54. The Morgan fingerprint density at radius 3 is 2.47 bits per heavy atom. The van der Waals surface area contributed by atoms with E-state index in [4.69, 9.17) is 14.4 Å². The van der Waals surface area contributed by atoms with Gasteiger partial charge in [-0.25, -0.2) is 4.39 Å². The predicted octanol–water partition coefficient (Wildman–Crippen LogP) is 1.86. The van der Waals surface area contributed by atoms with Crippen molar-refractivity contribution in [3.05, 3.63) is 23.5 Å². The standard InChI is InChI=1S/C10H13BFO3/c1-6(2)7-4-10(15-11-13)9(14-3)5-8(7)12/h4-6,13H,1-3H3. The Morgan fingerprint density at radius 2 is 2.00 bits per heavy atom. The molecular weight excluding hydrogens is 198 g/mol. The first-order valence-corrected chi connectivity index (χ1v) is 4.60. The lowest BCUT2D eigenvalue weighted by Crippen LogP contribution is -2.04. The molecule has 0 fully saturated rings. The summed E-state index contributed by atoms with van der Waals surface area (Å²) in [5.74, 6) is 0.247. The van der Waals surface area contributed by atoms with Crippen molar-refractivity contribution in [1.29, 1.82) is 0 Å². The van der Waals surface area contributed by atoms with Crippen molar-refractivity contribution in [1.82, 2.24) is 0 Å². The third-order valence-electron chi connectivity index (χ3n) is 2.08. The van der Waals surface area contributed by atoms with Crippen molar-refractivity contribution in [3.63, 3.8) is 0 Å². The zero-order chi connectivity index (χ0) is 11.4. The summed E-state index contributed by atoms with van der Waals surface area (Å²) in [4.78, 5) is 0. The zero-order valence-corrected chi connectivity index (χ0v) is 8.95. The number of hydrogen-bond acceptors (Lipinski definition) is 3. The van der Waals surface area contributed by atoms with Crippen LogP contribution in [-0.4, -0.2) is 19.8 Å². The van der Waals surface area contributed by atoms with Crippen molar-refractivity contribution >= 4 is 7.69 Å². The van der Waals surface area contributed by atoms with Gasteiger partial charge in [-0.15, -0.1) is 0 Å². The second-order valence-electron chi connectivity index (χ2n) is 3.40. The third-order valence-corrected chi connectivity index (χ3v) is 2.08. The minimum Gasteiger partial charge on any atom is -0.535 e. The molecule has 0 aliphatic rings. The molecule has 0 aliphatic heterocycles. The molecule has 1 rings (SSSR count). The summed E-state index contributed by atoms with van der Waals surface area (Å²) < 4.78 is 23.2. The van der Waals surface area contributed by atoms with E-state index in [-0.39, 0.29) is 17.5 Å². The number of hydrogen-bond donors (Lipinski definition) is 1. The van der Waals surface area contributed by atoms with Crippen LogP contribution in [0.1, 0.15) is 25.3 Å². The highest BCUT2D eigenvalue weighted by Crippen LogP contribution is 2.32. The van der Waals surface area contributed by atoms with E-state index < -0.39 is 0 Å². The average molecular weight is 211 g/mol. The van der Waals surface area contributed by atoms with Crippen molar-refractivity contribution in [2.24, 2.45) is 0 Å². The van der Waals surface area contributed by atoms with Crippen LogP contribution < -0.4 is 9.39 Å². The second kappa shape index (κ2) is 5.02.